The summed E-state index contributed by atoms with van der Waals surface area (Å²) < 4.78 is 0. The van der Waals surface area contributed by atoms with Crippen molar-refractivity contribution >= 4 is 23.0 Å². The predicted molar refractivity (Wildman–Crippen MR) is 120 cm³/mol. The smallest absolute Gasteiger partial charge is 0.260 e. The van der Waals surface area contributed by atoms with E-state index in [2.05, 4.69) is 68.6 Å². The molecular formula is C25H27N3O. The molecule has 1 heterocycles. The van der Waals surface area contributed by atoms with Crippen molar-refractivity contribution in [2.75, 3.05) is 16.0 Å². The maximum atomic E-state index is 13.4. The zero-order valence-electron chi connectivity index (χ0n) is 17.1. The minimum Gasteiger partial charge on any atom is -0.398 e. The SMILES string of the molecule is Cc1ccc(N[C@H]2C[C@@H](C)N(C(=O)c3ccccc3N)c3ccc(C)cc32)cc1. The molecule has 148 valence electrons. The molecule has 3 N–H and O–H groups in total. The average Bonchev–Trinajstić information content (AvgIpc) is 2.70. The molecule has 0 fully saturated rings. The molecule has 0 saturated carbocycles. The molecule has 1 aliphatic heterocycles. The van der Waals surface area contributed by atoms with E-state index >= 15 is 0 Å². The number of hydrogen-bond donors (Lipinski definition) is 2. The lowest BCUT2D eigenvalue weighted by molar-refractivity contribution is 0.0975. The fourth-order valence-corrected chi connectivity index (χ4v) is 4.10. The second-order valence-electron chi connectivity index (χ2n) is 7.97. The number of carbonyl (C=O) groups excluding carboxylic acids is 1. The number of hydrogen-bond acceptors (Lipinski definition) is 3. The molecule has 4 rings (SSSR count). The van der Waals surface area contributed by atoms with Crippen LogP contribution in [0.4, 0.5) is 17.1 Å². The van der Waals surface area contributed by atoms with Crippen molar-refractivity contribution in [2.45, 2.75) is 39.3 Å². The number of nitrogens with one attached hydrogen (secondary N) is 1. The van der Waals surface area contributed by atoms with Gasteiger partial charge >= 0.3 is 0 Å². The molecular weight excluding hydrogens is 358 g/mol. The lowest BCUT2D eigenvalue weighted by Crippen LogP contribution is -2.44. The number of aryl methyl sites for hydroxylation is 2. The Morgan fingerprint density at radius 2 is 1.69 bits per heavy atom. The monoisotopic (exact) mass is 385 g/mol. The van der Waals surface area contributed by atoms with Gasteiger partial charge in [0.2, 0.25) is 0 Å². The van der Waals surface area contributed by atoms with Crippen LogP contribution in [0, 0.1) is 13.8 Å². The summed E-state index contributed by atoms with van der Waals surface area (Å²) in [6.07, 6.45) is 0.822. The van der Waals surface area contributed by atoms with Gasteiger partial charge in [-0.1, -0.05) is 47.5 Å². The van der Waals surface area contributed by atoms with Crippen LogP contribution in [0.1, 0.15) is 46.4 Å². The lowest BCUT2D eigenvalue weighted by atomic mass is 9.89. The van der Waals surface area contributed by atoms with Crippen molar-refractivity contribution in [3.05, 3.63) is 89.0 Å². The van der Waals surface area contributed by atoms with Gasteiger partial charge < -0.3 is 16.0 Å². The Labute approximate surface area is 172 Å². The molecule has 4 heteroatoms. The van der Waals surface area contributed by atoms with Crippen LogP contribution in [0.15, 0.2) is 66.7 Å². The summed E-state index contributed by atoms with van der Waals surface area (Å²) in [6, 6.07) is 22.2. The van der Waals surface area contributed by atoms with E-state index in [1.165, 1.54) is 11.1 Å². The number of amides is 1. The molecule has 1 amide bonds. The third-order valence-electron chi connectivity index (χ3n) is 5.64. The van der Waals surface area contributed by atoms with Crippen molar-refractivity contribution in [1.29, 1.82) is 0 Å². The van der Waals surface area contributed by atoms with E-state index in [1.807, 2.05) is 17.0 Å². The predicted octanol–water partition coefficient (Wildman–Crippen LogP) is 5.48. The normalized spacial score (nSPS) is 18.2. The number of rotatable bonds is 3. The molecule has 0 radical (unpaired) electrons. The van der Waals surface area contributed by atoms with Gasteiger partial charge in [0.15, 0.2) is 0 Å². The zero-order valence-corrected chi connectivity index (χ0v) is 17.1. The number of benzene rings is 3. The standard InChI is InChI=1S/C25H27N3O/c1-16-8-11-19(12-9-16)27-23-15-18(3)28(24-13-10-17(2)14-21(23)24)25(29)20-6-4-5-7-22(20)26/h4-14,18,23,27H,15,26H2,1-3H3/t18-,23+/m1/s1. The van der Waals surface area contributed by atoms with E-state index in [0.717, 1.165) is 23.4 Å². The molecule has 0 spiro atoms. The van der Waals surface area contributed by atoms with Gasteiger partial charge in [0.05, 0.1) is 11.6 Å². The number of nitrogen functional groups attached to an aromatic ring is 1. The molecule has 0 aliphatic carbocycles. The van der Waals surface area contributed by atoms with Gasteiger partial charge in [-0.05, 0) is 63.1 Å². The summed E-state index contributed by atoms with van der Waals surface area (Å²) in [7, 11) is 0. The van der Waals surface area contributed by atoms with Gasteiger partial charge in [0, 0.05) is 23.1 Å². The van der Waals surface area contributed by atoms with Crippen LogP contribution in [0.2, 0.25) is 0 Å². The van der Waals surface area contributed by atoms with Crippen molar-refractivity contribution in [3.8, 4) is 0 Å². The molecule has 2 atom stereocenters. The molecule has 29 heavy (non-hydrogen) atoms. The average molecular weight is 386 g/mol. The molecule has 0 unspecified atom stereocenters. The number of fused-ring (bicyclic) bond motifs is 1. The largest absolute Gasteiger partial charge is 0.398 e. The minimum atomic E-state index is -0.0468. The summed E-state index contributed by atoms with van der Waals surface area (Å²) in [6.45, 7) is 6.27. The Morgan fingerprint density at radius 1 is 1.00 bits per heavy atom. The van der Waals surface area contributed by atoms with E-state index in [4.69, 9.17) is 5.73 Å². The summed E-state index contributed by atoms with van der Waals surface area (Å²) in [5.74, 6) is -0.0468. The number of para-hydroxylation sites is 1. The van der Waals surface area contributed by atoms with E-state index in [9.17, 15) is 4.79 Å². The number of nitrogens with zero attached hydrogens (tertiary/aromatic N) is 1. The number of anilines is 3. The van der Waals surface area contributed by atoms with Crippen LogP contribution < -0.4 is 16.0 Å². The highest BCUT2D eigenvalue weighted by atomic mass is 16.2. The highest BCUT2D eigenvalue weighted by Gasteiger charge is 2.34. The Hall–Kier alpha value is -3.27. The fourth-order valence-electron chi connectivity index (χ4n) is 4.10. The van der Waals surface area contributed by atoms with Gasteiger partial charge in [0.25, 0.3) is 5.91 Å². The van der Waals surface area contributed by atoms with Crippen LogP contribution in [0.25, 0.3) is 0 Å². The lowest BCUT2D eigenvalue weighted by Gasteiger charge is -2.40. The molecule has 3 aromatic rings. The molecule has 0 aromatic heterocycles. The second-order valence-corrected chi connectivity index (χ2v) is 7.97. The summed E-state index contributed by atoms with van der Waals surface area (Å²) in [4.78, 5) is 15.3. The summed E-state index contributed by atoms with van der Waals surface area (Å²) >= 11 is 0. The van der Waals surface area contributed by atoms with Gasteiger partial charge in [-0.2, -0.15) is 0 Å². The third-order valence-corrected chi connectivity index (χ3v) is 5.64. The van der Waals surface area contributed by atoms with E-state index in [0.29, 0.717) is 11.3 Å². The first-order valence-corrected chi connectivity index (χ1v) is 10.1. The first-order chi connectivity index (χ1) is 13.9. The van der Waals surface area contributed by atoms with E-state index in [-0.39, 0.29) is 18.0 Å². The van der Waals surface area contributed by atoms with Crippen molar-refractivity contribution in [2.24, 2.45) is 0 Å². The first-order valence-electron chi connectivity index (χ1n) is 10.1. The molecule has 3 aromatic carbocycles. The minimum absolute atomic E-state index is 0.0419. The highest BCUT2D eigenvalue weighted by Crippen LogP contribution is 2.40. The zero-order chi connectivity index (χ0) is 20.5. The van der Waals surface area contributed by atoms with Crippen LogP contribution in [-0.2, 0) is 0 Å². The van der Waals surface area contributed by atoms with E-state index in [1.54, 1.807) is 12.1 Å². The van der Waals surface area contributed by atoms with Crippen LogP contribution in [-0.4, -0.2) is 11.9 Å². The Bertz CT molecular complexity index is 1040. The first kappa shape index (κ1) is 19.1. The summed E-state index contributed by atoms with van der Waals surface area (Å²) in [5, 5.41) is 3.67. The maximum Gasteiger partial charge on any atom is 0.260 e. The Balaban J connectivity index is 1.73. The van der Waals surface area contributed by atoms with Gasteiger partial charge in [0.1, 0.15) is 0 Å². The quantitative estimate of drug-likeness (QED) is 0.587. The summed E-state index contributed by atoms with van der Waals surface area (Å²) in [5.41, 5.74) is 12.8. The Kier molecular flexibility index (Phi) is 5.01. The molecule has 4 nitrogen and oxygen atoms in total. The van der Waals surface area contributed by atoms with Gasteiger partial charge in [-0.15, -0.1) is 0 Å². The van der Waals surface area contributed by atoms with Crippen molar-refractivity contribution in [1.82, 2.24) is 0 Å². The maximum absolute atomic E-state index is 13.4. The van der Waals surface area contributed by atoms with Crippen LogP contribution in [0.5, 0.6) is 0 Å². The number of nitrogens with two attached hydrogens (primary N) is 1. The van der Waals surface area contributed by atoms with Crippen LogP contribution in [0.3, 0.4) is 0 Å². The Morgan fingerprint density at radius 3 is 2.41 bits per heavy atom. The number of carbonyl (C=O) groups is 1. The molecule has 0 saturated heterocycles. The van der Waals surface area contributed by atoms with Crippen LogP contribution >= 0.6 is 0 Å². The van der Waals surface area contributed by atoms with Gasteiger partial charge in [-0.25, -0.2) is 0 Å². The molecule has 0 bridgehead atoms. The fraction of sp³-hybridized carbons (Fsp3) is 0.240. The van der Waals surface area contributed by atoms with E-state index < -0.39 is 0 Å². The van der Waals surface area contributed by atoms with Crippen molar-refractivity contribution < 1.29 is 4.79 Å². The second kappa shape index (κ2) is 7.63. The highest BCUT2D eigenvalue weighted by molar-refractivity contribution is 6.10. The van der Waals surface area contributed by atoms with Gasteiger partial charge in [-0.3, -0.25) is 4.79 Å². The molecule has 1 aliphatic rings. The topological polar surface area (TPSA) is 58.4 Å². The third kappa shape index (κ3) is 3.70. The van der Waals surface area contributed by atoms with Crippen molar-refractivity contribution in [3.63, 3.8) is 0 Å².